The summed E-state index contributed by atoms with van der Waals surface area (Å²) in [6.45, 7) is 21.9. The van der Waals surface area contributed by atoms with Crippen LogP contribution in [0.15, 0.2) is 29.2 Å². The van der Waals surface area contributed by atoms with Crippen molar-refractivity contribution >= 4 is 63.3 Å². The zero-order valence-electron chi connectivity index (χ0n) is 48.6. The fourth-order valence-electron chi connectivity index (χ4n) is 9.66. The maximum absolute atomic E-state index is 14.4. The third-order valence-corrected chi connectivity index (χ3v) is 15.2. The number of sulfonamides is 1. The predicted octanol–water partition coefficient (Wildman–Crippen LogP) is 3.56. The van der Waals surface area contributed by atoms with Gasteiger partial charge in [-0.05, 0) is 108 Å². The van der Waals surface area contributed by atoms with Gasteiger partial charge >= 0.3 is 12.1 Å². The van der Waals surface area contributed by atoms with E-state index in [0.29, 0.717) is 25.8 Å². The zero-order chi connectivity index (χ0) is 58.9. The number of benzene rings is 1. The Bertz CT molecular complexity index is 2250. The number of urea groups is 1. The molecule has 1 unspecified atom stereocenters. The SMILES string of the molecule is CC[C@H](C)[C@@H]([C@@H](CC(=O)N1CCC[C@H]1[C@H](OC)[C@@H](C)C(=O)NS(=O)(=O)c1ccc(NC(=O)[C@H](CCCNC(N)=O)NC(=O)[C@@H](NC(=O)OC(C)(C)C)C(C)C)cc1)OC)N(C)C(=O)[C@@H](NC(=O)C(C(C)C)N(C)C)C(C)C. The Kier molecular flexibility index (Phi) is 26.8. The molecule has 10 atom stereocenters. The number of nitrogens with two attached hydrogens (primary N) is 1. The summed E-state index contributed by atoms with van der Waals surface area (Å²) in [5.41, 5.74) is 4.50. The number of rotatable bonds is 29. The molecule has 2 rings (SSSR count). The molecule has 24 heteroatoms. The summed E-state index contributed by atoms with van der Waals surface area (Å²) in [6.07, 6.45) is -0.689. The summed E-state index contributed by atoms with van der Waals surface area (Å²) in [7, 11) is 3.69. The number of nitrogens with one attached hydrogen (secondary N) is 6. The summed E-state index contributed by atoms with van der Waals surface area (Å²) in [6, 6.07) is -0.565. The highest BCUT2D eigenvalue weighted by atomic mass is 32.2. The standard InChI is InChI=1S/C53H92N10O13S/c1-18-33(8)44(62(15)50(69)42(31(4)5)58-49(68)43(32(6)7)61(13)14)39(74-16)29-40(64)63-28-20-22-38(63)45(75-17)34(9)46(65)60-77(72,73)36-25-23-35(24-26-36)56-47(66)37(21-19-27-55-51(54)70)57-48(67)41(30(2)3)59-52(71)76-53(10,11)12/h23-26,30-34,37-39,41-45H,18-22,27-29H2,1-17H3,(H,56,66)(H,57,67)(H,58,68)(H,59,71)(H,60,65)(H3,54,55,70)/t33-,34+,37-,38-,39+,41-,42-,43?,44-,45+/m0/s1. The van der Waals surface area contributed by atoms with Crippen LogP contribution in [0.1, 0.15) is 122 Å². The number of methoxy groups -OCH3 is 2. The molecule has 9 amide bonds. The lowest BCUT2D eigenvalue weighted by Gasteiger charge is -2.41. The number of hydrogen-bond acceptors (Lipinski definition) is 14. The molecule has 0 saturated carbocycles. The molecule has 23 nitrogen and oxygen atoms in total. The molecule has 77 heavy (non-hydrogen) atoms. The van der Waals surface area contributed by atoms with Gasteiger partial charge in [-0.25, -0.2) is 22.7 Å². The van der Waals surface area contributed by atoms with Gasteiger partial charge in [-0.15, -0.1) is 0 Å². The molecule has 0 bridgehead atoms. The minimum atomic E-state index is -4.49. The van der Waals surface area contributed by atoms with E-state index in [4.69, 9.17) is 19.9 Å². The lowest BCUT2D eigenvalue weighted by Crippen LogP contribution is -2.59. The average Bonchev–Trinajstić information content (AvgIpc) is 3.81. The minimum absolute atomic E-state index is 0.0132. The summed E-state index contributed by atoms with van der Waals surface area (Å²) in [4.78, 5) is 112. The molecule has 1 aliphatic rings. The van der Waals surface area contributed by atoms with E-state index in [-0.39, 0.29) is 71.9 Å². The topological polar surface area (TPSA) is 306 Å². The smallest absolute Gasteiger partial charge is 0.408 e. The van der Waals surface area contributed by atoms with E-state index >= 15 is 0 Å². The Balaban J connectivity index is 2.28. The van der Waals surface area contributed by atoms with Crippen molar-refractivity contribution < 1.29 is 61.0 Å². The fourth-order valence-corrected chi connectivity index (χ4v) is 10.7. The van der Waals surface area contributed by atoms with Gasteiger partial charge in [-0.2, -0.15) is 0 Å². The Hall–Kier alpha value is -5.59. The predicted molar refractivity (Wildman–Crippen MR) is 292 cm³/mol. The Morgan fingerprint density at radius 1 is 0.792 bits per heavy atom. The molecular weight excluding hydrogens is 1020 g/mol. The molecule has 1 saturated heterocycles. The first-order valence-electron chi connectivity index (χ1n) is 26.6. The van der Waals surface area contributed by atoms with Gasteiger partial charge in [-0.3, -0.25) is 33.7 Å². The maximum atomic E-state index is 14.4. The second kappa shape index (κ2) is 30.5. The van der Waals surface area contributed by atoms with Crippen molar-refractivity contribution in [2.45, 2.75) is 181 Å². The van der Waals surface area contributed by atoms with Gasteiger partial charge in [0.15, 0.2) is 0 Å². The lowest BCUT2D eigenvalue weighted by atomic mass is 9.89. The van der Waals surface area contributed by atoms with Gasteiger partial charge in [-0.1, -0.05) is 68.7 Å². The van der Waals surface area contributed by atoms with E-state index in [1.807, 2.05) is 60.5 Å². The van der Waals surface area contributed by atoms with E-state index in [2.05, 4.69) is 31.3 Å². The van der Waals surface area contributed by atoms with E-state index < -0.39 is 106 Å². The number of alkyl carbamates (subject to hydrolysis) is 1. The molecule has 0 spiro atoms. The van der Waals surface area contributed by atoms with Crippen LogP contribution in [0.25, 0.3) is 0 Å². The van der Waals surface area contributed by atoms with Gasteiger partial charge in [0.1, 0.15) is 23.7 Å². The third kappa shape index (κ3) is 20.3. The van der Waals surface area contributed by atoms with Crippen molar-refractivity contribution in [1.82, 2.24) is 40.7 Å². The number of hydrogen-bond donors (Lipinski definition) is 7. The number of amides is 9. The van der Waals surface area contributed by atoms with Gasteiger partial charge in [0.05, 0.1) is 47.6 Å². The molecule has 0 aliphatic carbocycles. The van der Waals surface area contributed by atoms with Crippen LogP contribution in [0.3, 0.4) is 0 Å². The molecule has 1 fully saturated rings. The molecule has 438 valence electrons. The number of ether oxygens (including phenoxy) is 3. The second-order valence-corrected chi connectivity index (χ2v) is 24.0. The normalized spacial score (nSPS) is 17.5. The average molecular weight is 1110 g/mol. The van der Waals surface area contributed by atoms with Gasteiger partial charge in [0, 0.05) is 40.0 Å². The summed E-state index contributed by atoms with van der Waals surface area (Å²) in [5.74, 6) is -5.00. The molecule has 1 heterocycles. The van der Waals surface area contributed by atoms with Crippen molar-refractivity contribution in [3.05, 3.63) is 24.3 Å². The van der Waals surface area contributed by atoms with Crippen molar-refractivity contribution in [2.75, 3.05) is 53.8 Å². The molecule has 1 aliphatic heterocycles. The van der Waals surface area contributed by atoms with E-state index in [1.54, 1.807) is 51.5 Å². The highest BCUT2D eigenvalue weighted by molar-refractivity contribution is 7.90. The van der Waals surface area contributed by atoms with Crippen molar-refractivity contribution in [3.63, 3.8) is 0 Å². The number of primary amides is 1. The second-order valence-electron chi connectivity index (χ2n) is 22.3. The molecule has 1 aromatic carbocycles. The highest BCUT2D eigenvalue weighted by Crippen LogP contribution is 2.30. The first-order chi connectivity index (χ1) is 35.7. The molecule has 1 aromatic rings. The van der Waals surface area contributed by atoms with E-state index in [0.717, 1.165) is 0 Å². The Morgan fingerprint density at radius 3 is 1.88 bits per heavy atom. The molecule has 0 radical (unpaired) electrons. The zero-order valence-corrected chi connectivity index (χ0v) is 49.4. The van der Waals surface area contributed by atoms with Crippen LogP contribution in [-0.2, 0) is 53.0 Å². The summed E-state index contributed by atoms with van der Waals surface area (Å²) in [5, 5.41) is 13.3. The van der Waals surface area contributed by atoms with Crippen LogP contribution in [0, 0.1) is 29.6 Å². The molecule has 0 aromatic heterocycles. The van der Waals surface area contributed by atoms with Crippen LogP contribution >= 0.6 is 0 Å². The van der Waals surface area contributed by atoms with Crippen molar-refractivity contribution in [2.24, 2.45) is 35.3 Å². The monoisotopic (exact) mass is 1110 g/mol. The van der Waals surface area contributed by atoms with Crippen LogP contribution in [0.5, 0.6) is 0 Å². The van der Waals surface area contributed by atoms with Crippen molar-refractivity contribution in [3.8, 4) is 0 Å². The van der Waals surface area contributed by atoms with Gasteiger partial charge in [0.2, 0.25) is 35.4 Å². The summed E-state index contributed by atoms with van der Waals surface area (Å²) >= 11 is 0. The van der Waals surface area contributed by atoms with Gasteiger partial charge in [0.25, 0.3) is 10.0 Å². The van der Waals surface area contributed by atoms with Gasteiger partial charge < -0.3 is 56.3 Å². The lowest BCUT2D eigenvalue weighted by molar-refractivity contribution is -0.148. The van der Waals surface area contributed by atoms with Crippen LogP contribution in [0.2, 0.25) is 0 Å². The maximum Gasteiger partial charge on any atom is 0.408 e. The van der Waals surface area contributed by atoms with E-state index in [1.165, 1.54) is 45.4 Å². The van der Waals surface area contributed by atoms with Crippen LogP contribution in [-0.4, -0.2) is 173 Å². The van der Waals surface area contributed by atoms with Crippen LogP contribution in [0.4, 0.5) is 15.3 Å². The number of carbonyl (C=O) groups is 8. The van der Waals surface area contributed by atoms with E-state index in [9.17, 15) is 46.8 Å². The number of likely N-dealkylation sites (tertiary alicyclic amines) is 1. The van der Waals surface area contributed by atoms with Crippen molar-refractivity contribution in [1.29, 1.82) is 0 Å². The van der Waals surface area contributed by atoms with Crippen LogP contribution < -0.4 is 37.0 Å². The number of carbonyl (C=O) groups excluding carboxylic acids is 8. The number of anilines is 1. The Morgan fingerprint density at radius 2 is 1.39 bits per heavy atom. The molecular formula is C53H92N10O13S. The fraction of sp³-hybridized carbons (Fsp3) is 0.736. The number of nitrogens with zero attached hydrogens (tertiary/aromatic N) is 3. The molecule has 8 N–H and O–H groups in total. The first kappa shape index (κ1) is 67.5. The third-order valence-electron chi connectivity index (χ3n) is 13.8. The quantitative estimate of drug-likeness (QED) is 0.0565. The Labute approximate surface area is 457 Å². The number of likely N-dealkylation sites (N-methyl/N-ethyl adjacent to an activating group) is 2. The summed E-state index contributed by atoms with van der Waals surface area (Å²) < 4.78 is 46.7. The first-order valence-corrected chi connectivity index (χ1v) is 28.1. The largest absolute Gasteiger partial charge is 0.444 e. The minimum Gasteiger partial charge on any atom is -0.444 e. The highest BCUT2D eigenvalue weighted by Gasteiger charge is 2.44.